The molecule has 0 aromatic heterocycles. The molecule has 212 valence electrons. The topological polar surface area (TPSA) is 26.3 Å². The van der Waals surface area contributed by atoms with Crippen LogP contribution in [0.25, 0.3) is 6.08 Å². The first-order valence-corrected chi connectivity index (χ1v) is 14.6. The molecule has 0 atom stereocenters. The van der Waals surface area contributed by atoms with Gasteiger partial charge in [0.2, 0.25) is 0 Å². The summed E-state index contributed by atoms with van der Waals surface area (Å²) in [7, 11) is 0. The molecule has 38 heavy (non-hydrogen) atoms. The van der Waals surface area contributed by atoms with Crippen LogP contribution in [-0.4, -0.2) is 18.2 Å². The van der Waals surface area contributed by atoms with Gasteiger partial charge in [-0.1, -0.05) is 19.8 Å². The number of ether oxygens (including phenoxy) is 1. The minimum absolute atomic E-state index is 0.00304. The second-order valence-electron chi connectivity index (χ2n) is 11.9. The molecule has 3 saturated carbocycles. The molecular formula is C31H41F5O2. The molecule has 0 radical (unpaired) electrons. The summed E-state index contributed by atoms with van der Waals surface area (Å²) in [5.74, 6) is 0.0879. The van der Waals surface area contributed by atoms with E-state index >= 15 is 0 Å². The average molecular weight is 541 g/mol. The third-order valence-electron chi connectivity index (χ3n) is 9.33. The number of esters is 1. The number of hydrogen-bond donors (Lipinski definition) is 0. The summed E-state index contributed by atoms with van der Waals surface area (Å²) in [5.41, 5.74) is -0.122. The van der Waals surface area contributed by atoms with Crippen molar-refractivity contribution in [1.29, 1.82) is 0 Å². The van der Waals surface area contributed by atoms with E-state index in [9.17, 15) is 26.7 Å². The summed E-state index contributed by atoms with van der Waals surface area (Å²) in [6.45, 7) is 2.22. The van der Waals surface area contributed by atoms with Crippen molar-refractivity contribution in [3.63, 3.8) is 0 Å². The Morgan fingerprint density at radius 1 is 0.868 bits per heavy atom. The van der Waals surface area contributed by atoms with Gasteiger partial charge < -0.3 is 4.74 Å². The summed E-state index contributed by atoms with van der Waals surface area (Å²) in [4.78, 5) is 12.7. The number of carbonyl (C=O) groups is 1. The molecule has 3 aliphatic carbocycles. The highest BCUT2D eigenvalue weighted by Gasteiger charge is 2.34. The van der Waals surface area contributed by atoms with Gasteiger partial charge >= 0.3 is 12.1 Å². The van der Waals surface area contributed by atoms with E-state index in [1.165, 1.54) is 25.0 Å². The summed E-state index contributed by atoms with van der Waals surface area (Å²) in [6.07, 6.45) is 9.86. The Bertz CT molecular complexity index is 925. The van der Waals surface area contributed by atoms with Crippen LogP contribution in [0.1, 0.15) is 114 Å². The molecule has 3 fully saturated rings. The SMILES string of the molecule is CCCC1CCC(C(=O)OC2CCC(C3CCC(c4cc(F)c(/C=C/C(F)(F)F)c(F)c4)CC3)CC2)CC1. The highest BCUT2D eigenvalue weighted by molar-refractivity contribution is 5.72. The fourth-order valence-corrected chi connectivity index (χ4v) is 7.13. The van der Waals surface area contributed by atoms with E-state index in [0.29, 0.717) is 23.5 Å². The highest BCUT2D eigenvalue weighted by Crippen LogP contribution is 2.44. The quantitative estimate of drug-likeness (QED) is 0.254. The molecule has 0 amide bonds. The van der Waals surface area contributed by atoms with Crippen molar-refractivity contribution < 1.29 is 31.5 Å². The molecule has 0 aliphatic heterocycles. The minimum Gasteiger partial charge on any atom is -0.462 e. The average Bonchev–Trinajstić information content (AvgIpc) is 2.88. The molecule has 3 aliphatic rings. The van der Waals surface area contributed by atoms with Crippen molar-refractivity contribution in [1.82, 2.24) is 0 Å². The Balaban J connectivity index is 1.21. The lowest BCUT2D eigenvalue weighted by Gasteiger charge is -2.38. The van der Waals surface area contributed by atoms with Gasteiger partial charge in [0, 0.05) is 11.6 Å². The molecule has 7 heteroatoms. The molecule has 0 unspecified atom stereocenters. The molecule has 0 bridgehead atoms. The number of allylic oxidation sites excluding steroid dienone is 1. The number of carbonyl (C=O) groups excluding carboxylic acids is 1. The van der Waals surface area contributed by atoms with Gasteiger partial charge in [-0.2, -0.15) is 13.2 Å². The monoisotopic (exact) mass is 540 g/mol. The van der Waals surface area contributed by atoms with E-state index in [4.69, 9.17) is 4.74 Å². The number of halogens is 5. The lowest BCUT2D eigenvalue weighted by atomic mass is 9.69. The molecule has 1 aromatic carbocycles. The first-order chi connectivity index (χ1) is 18.1. The maximum absolute atomic E-state index is 14.4. The summed E-state index contributed by atoms with van der Waals surface area (Å²) in [5, 5.41) is 0. The van der Waals surface area contributed by atoms with Crippen LogP contribution in [0.2, 0.25) is 0 Å². The van der Waals surface area contributed by atoms with E-state index in [1.54, 1.807) is 0 Å². The van der Waals surface area contributed by atoms with Gasteiger partial charge in [-0.25, -0.2) is 8.78 Å². The number of rotatable bonds is 7. The smallest absolute Gasteiger partial charge is 0.409 e. The van der Waals surface area contributed by atoms with Crippen molar-refractivity contribution in [3.05, 3.63) is 41.0 Å². The first kappa shape index (κ1) is 29.1. The Morgan fingerprint density at radius 3 is 1.95 bits per heavy atom. The Kier molecular flexibility index (Phi) is 9.91. The van der Waals surface area contributed by atoms with E-state index in [0.717, 1.165) is 83.0 Å². The van der Waals surface area contributed by atoms with Crippen molar-refractivity contribution in [3.8, 4) is 0 Å². The standard InChI is InChI=1S/C31H41F5O2/c1-2-3-20-4-6-24(7-5-20)30(37)38-26-14-12-22(13-15-26)21-8-10-23(11-9-21)25-18-28(32)27(29(33)19-25)16-17-31(34,35)36/h16-24,26H,2-15H2,1H3/b17-16+. The van der Waals surface area contributed by atoms with Crippen LogP contribution in [0.3, 0.4) is 0 Å². The third kappa shape index (κ3) is 7.81. The van der Waals surface area contributed by atoms with Gasteiger partial charge in [-0.3, -0.25) is 4.79 Å². The van der Waals surface area contributed by atoms with Crippen LogP contribution in [0.5, 0.6) is 0 Å². The Hall–Kier alpha value is -1.92. The molecule has 0 spiro atoms. The van der Waals surface area contributed by atoms with Crippen molar-refractivity contribution in [2.45, 2.75) is 115 Å². The second-order valence-corrected chi connectivity index (χ2v) is 11.9. The van der Waals surface area contributed by atoms with Gasteiger partial charge in [0.25, 0.3) is 0 Å². The molecule has 0 heterocycles. The van der Waals surface area contributed by atoms with E-state index in [1.807, 2.05) is 0 Å². The Morgan fingerprint density at radius 2 is 1.42 bits per heavy atom. The zero-order valence-electron chi connectivity index (χ0n) is 22.4. The summed E-state index contributed by atoms with van der Waals surface area (Å²) in [6, 6.07) is 2.39. The number of hydrogen-bond acceptors (Lipinski definition) is 2. The van der Waals surface area contributed by atoms with Crippen LogP contribution in [0.4, 0.5) is 22.0 Å². The van der Waals surface area contributed by atoms with E-state index < -0.39 is 23.4 Å². The molecular weight excluding hydrogens is 499 g/mol. The fourth-order valence-electron chi connectivity index (χ4n) is 7.13. The molecule has 2 nitrogen and oxygen atoms in total. The predicted octanol–water partition coefficient (Wildman–Crippen LogP) is 9.52. The van der Waals surface area contributed by atoms with Crippen LogP contribution < -0.4 is 0 Å². The predicted molar refractivity (Wildman–Crippen MR) is 138 cm³/mol. The number of benzene rings is 1. The van der Waals surface area contributed by atoms with Gasteiger partial charge in [-0.15, -0.1) is 0 Å². The van der Waals surface area contributed by atoms with Crippen molar-refractivity contribution in [2.75, 3.05) is 0 Å². The van der Waals surface area contributed by atoms with Crippen molar-refractivity contribution >= 4 is 12.0 Å². The lowest BCUT2D eigenvalue weighted by molar-refractivity contribution is -0.157. The second kappa shape index (κ2) is 13.0. The van der Waals surface area contributed by atoms with Crippen LogP contribution in [0.15, 0.2) is 18.2 Å². The molecule has 4 rings (SSSR count). The first-order valence-electron chi connectivity index (χ1n) is 14.6. The zero-order chi connectivity index (χ0) is 27.3. The molecule has 0 saturated heterocycles. The lowest BCUT2D eigenvalue weighted by Crippen LogP contribution is -2.32. The molecule has 1 aromatic rings. The van der Waals surface area contributed by atoms with Crippen LogP contribution >= 0.6 is 0 Å². The summed E-state index contributed by atoms with van der Waals surface area (Å²) >= 11 is 0. The largest absolute Gasteiger partial charge is 0.462 e. The zero-order valence-corrected chi connectivity index (χ0v) is 22.4. The van der Waals surface area contributed by atoms with E-state index in [2.05, 4.69) is 6.92 Å². The highest BCUT2D eigenvalue weighted by atomic mass is 19.4. The van der Waals surface area contributed by atoms with Gasteiger partial charge in [-0.05, 0) is 124 Å². The van der Waals surface area contributed by atoms with Gasteiger partial charge in [0.05, 0.1) is 5.92 Å². The maximum atomic E-state index is 14.4. The van der Waals surface area contributed by atoms with Gasteiger partial charge in [0.15, 0.2) is 0 Å². The van der Waals surface area contributed by atoms with Crippen LogP contribution in [0, 0.1) is 35.3 Å². The molecule has 0 N–H and O–H groups in total. The fraction of sp³-hybridized carbons (Fsp3) is 0.710. The summed E-state index contributed by atoms with van der Waals surface area (Å²) < 4.78 is 71.9. The normalized spacial score (nSPS) is 30.9. The minimum atomic E-state index is -4.62. The van der Waals surface area contributed by atoms with Gasteiger partial charge in [0.1, 0.15) is 17.7 Å². The van der Waals surface area contributed by atoms with E-state index in [-0.39, 0.29) is 30.0 Å². The van der Waals surface area contributed by atoms with Crippen molar-refractivity contribution in [2.24, 2.45) is 23.7 Å². The van der Waals surface area contributed by atoms with Crippen LogP contribution in [-0.2, 0) is 9.53 Å². The third-order valence-corrected chi connectivity index (χ3v) is 9.33. The maximum Gasteiger partial charge on any atom is 0.409 e. The number of alkyl halides is 3. The Labute approximate surface area is 223 Å².